The molecule has 2 unspecified atom stereocenters. The summed E-state index contributed by atoms with van der Waals surface area (Å²) in [4.78, 5) is 0. The van der Waals surface area contributed by atoms with Crippen molar-refractivity contribution < 1.29 is 9.47 Å². The number of benzene rings is 1. The molecule has 0 saturated carbocycles. The van der Waals surface area contributed by atoms with Crippen LogP contribution in [0.2, 0.25) is 0 Å². The topological polar surface area (TPSA) is 30.5 Å². The van der Waals surface area contributed by atoms with Crippen molar-refractivity contribution in [2.45, 2.75) is 39.9 Å². The van der Waals surface area contributed by atoms with Crippen molar-refractivity contribution in [2.24, 2.45) is 5.92 Å². The molecule has 2 atom stereocenters. The van der Waals surface area contributed by atoms with E-state index in [0.717, 1.165) is 19.7 Å². The van der Waals surface area contributed by atoms with E-state index in [1.807, 2.05) is 13.0 Å². The number of hydrogen-bond donors (Lipinski definition) is 1. The molecule has 0 aliphatic carbocycles. The van der Waals surface area contributed by atoms with E-state index >= 15 is 0 Å². The van der Waals surface area contributed by atoms with Crippen molar-refractivity contribution in [3.63, 3.8) is 0 Å². The van der Waals surface area contributed by atoms with Crippen molar-refractivity contribution in [1.82, 2.24) is 5.32 Å². The third kappa shape index (κ3) is 7.04. The van der Waals surface area contributed by atoms with Gasteiger partial charge in [-0.3, -0.25) is 0 Å². The molecule has 0 aliphatic heterocycles. The first-order valence-corrected chi connectivity index (χ1v) is 7.62. The van der Waals surface area contributed by atoms with Gasteiger partial charge < -0.3 is 14.8 Å². The van der Waals surface area contributed by atoms with Crippen LogP contribution in [0.1, 0.15) is 39.4 Å². The fourth-order valence-corrected chi connectivity index (χ4v) is 2.02. The lowest BCUT2D eigenvalue weighted by Gasteiger charge is -2.23. The van der Waals surface area contributed by atoms with Crippen LogP contribution in [-0.2, 0) is 9.47 Å². The minimum absolute atomic E-state index is 0.0745. The Labute approximate surface area is 123 Å². The Bertz CT molecular complexity index is 340. The maximum absolute atomic E-state index is 6.13. The average molecular weight is 279 g/mol. The molecule has 0 amide bonds. The van der Waals surface area contributed by atoms with Crippen LogP contribution in [0.5, 0.6) is 0 Å². The van der Waals surface area contributed by atoms with Gasteiger partial charge in [0.25, 0.3) is 0 Å². The SMILES string of the molecule is CCOCC(C)OC(CNCC(C)C)c1ccccc1. The van der Waals surface area contributed by atoms with Crippen molar-refractivity contribution in [3.8, 4) is 0 Å². The standard InChI is InChI=1S/C17H29NO2/c1-5-19-13-15(4)20-17(12-18-11-14(2)3)16-9-7-6-8-10-16/h6-10,14-15,17-18H,5,11-13H2,1-4H3. The summed E-state index contributed by atoms with van der Waals surface area (Å²) in [5.41, 5.74) is 1.21. The molecule has 3 nitrogen and oxygen atoms in total. The van der Waals surface area contributed by atoms with E-state index in [1.165, 1.54) is 5.56 Å². The van der Waals surface area contributed by atoms with E-state index in [2.05, 4.69) is 50.4 Å². The van der Waals surface area contributed by atoms with Gasteiger partial charge in [-0.2, -0.15) is 0 Å². The number of rotatable bonds is 10. The highest BCUT2D eigenvalue weighted by molar-refractivity contribution is 5.18. The van der Waals surface area contributed by atoms with Gasteiger partial charge in [0.15, 0.2) is 0 Å². The molecule has 0 heterocycles. The monoisotopic (exact) mass is 279 g/mol. The molecule has 0 aromatic heterocycles. The second-order valence-corrected chi connectivity index (χ2v) is 5.56. The highest BCUT2D eigenvalue weighted by atomic mass is 16.5. The summed E-state index contributed by atoms with van der Waals surface area (Å²) >= 11 is 0. The van der Waals surface area contributed by atoms with Gasteiger partial charge in [0, 0.05) is 13.2 Å². The Morgan fingerprint density at radius 3 is 2.35 bits per heavy atom. The fourth-order valence-electron chi connectivity index (χ4n) is 2.02. The van der Waals surface area contributed by atoms with Gasteiger partial charge in [0.2, 0.25) is 0 Å². The van der Waals surface area contributed by atoms with Gasteiger partial charge in [0.1, 0.15) is 0 Å². The van der Waals surface area contributed by atoms with Gasteiger partial charge in [-0.1, -0.05) is 44.2 Å². The molecule has 0 fully saturated rings. The van der Waals surface area contributed by atoms with Crippen LogP contribution < -0.4 is 5.32 Å². The molecule has 0 aliphatic rings. The van der Waals surface area contributed by atoms with Gasteiger partial charge >= 0.3 is 0 Å². The van der Waals surface area contributed by atoms with E-state index in [4.69, 9.17) is 9.47 Å². The van der Waals surface area contributed by atoms with Gasteiger partial charge in [-0.25, -0.2) is 0 Å². The molecule has 0 bridgehead atoms. The Kier molecular flexibility index (Phi) is 8.51. The molecule has 1 rings (SSSR count). The first-order valence-electron chi connectivity index (χ1n) is 7.62. The van der Waals surface area contributed by atoms with Crippen molar-refractivity contribution in [2.75, 3.05) is 26.3 Å². The Hall–Kier alpha value is -0.900. The third-order valence-corrected chi connectivity index (χ3v) is 3.01. The van der Waals surface area contributed by atoms with E-state index in [9.17, 15) is 0 Å². The lowest BCUT2D eigenvalue weighted by atomic mass is 10.1. The highest BCUT2D eigenvalue weighted by Crippen LogP contribution is 2.18. The lowest BCUT2D eigenvalue weighted by molar-refractivity contribution is -0.0471. The van der Waals surface area contributed by atoms with Crippen molar-refractivity contribution in [1.29, 1.82) is 0 Å². The predicted octanol–water partition coefficient (Wildman–Crippen LogP) is 3.41. The predicted molar refractivity (Wildman–Crippen MR) is 83.9 cm³/mol. The van der Waals surface area contributed by atoms with Crippen LogP contribution in [0.15, 0.2) is 30.3 Å². The Morgan fingerprint density at radius 1 is 1.05 bits per heavy atom. The largest absolute Gasteiger partial charge is 0.379 e. The van der Waals surface area contributed by atoms with Crippen LogP contribution in [0, 0.1) is 5.92 Å². The number of ether oxygens (including phenoxy) is 2. The number of nitrogens with one attached hydrogen (secondary N) is 1. The van der Waals surface area contributed by atoms with Crippen LogP contribution in [0.4, 0.5) is 0 Å². The first-order chi connectivity index (χ1) is 9.63. The normalized spacial score (nSPS) is 14.4. The van der Waals surface area contributed by atoms with E-state index in [0.29, 0.717) is 12.5 Å². The molecule has 20 heavy (non-hydrogen) atoms. The number of hydrogen-bond acceptors (Lipinski definition) is 3. The van der Waals surface area contributed by atoms with Gasteiger partial charge in [-0.05, 0) is 31.9 Å². The fraction of sp³-hybridized carbons (Fsp3) is 0.647. The quantitative estimate of drug-likeness (QED) is 0.712. The zero-order valence-electron chi connectivity index (χ0n) is 13.3. The zero-order valence-corrected chi connectivity index (χ0v) is 13.3. The summed E-state index contributed by atoms with van der Waals surface area (Å²) in [7, 11) is 0. The zero-order chi connectivity index (χ0) is 14.8. The molecular weight excluding hydrogens is 250 g/mol. The highest BCUT2D eigenvalue weighted by Gasteiger charge is 2.15. The van der Waals surface area contributed by atoms with Crippen LogP contribution in [0.3, 0.4) is 0 Å². The van der Waals surface area contributed by atoms with Crippen molar-refractivity contribution >= 4 is 0 Å². The Balaban J connectivity index is 2.55. The molecular formula is C17H29NO2. The van der Waals surface area contributed by atoms with Crippen LogP contribution in [-0.4, -0.2) is 32.4 Å². The first kappa shape index (κ1) is 17.2. The molecule has 0 spiro atoms. The van der Waals surface area contributed by atoms with E-state index in [-0.39, 0.29) is 12.2 Å². The minimum atomic E-state index is 0.0745. The maximum Gasteiger partial charge on any atom is 0.0954 e. The summed E-state index contributed by atoms with van der Waals surface area (Å²) in [5, 5.41) is 3.48. The molecule has 0 saturated heterocycles. The van der Waals surface area contributed by atoms with E-state index in [1.54, 1.807) is 0 Å². The molecule has 1 aromatic rings. The third-order valence-electron chi connectivity index (χ3n) is 3.01. The Morgan fingerprint density at radius 2 is 1.75 bits per heavy atom. The minimum Gasteiger partial charge on any atom is -0.379 e. The molecule has 0 radical (unpaired) electrons. The summed E-state index contributed by atoms with van der Waals surface area (Å²) in [6.45, 7) is 11.7. The summed E-state index contributed by atoms with van der Waals surface area (Å²) in [5.74, 6) is 0.646. The summed E-state index contributed by atoms with van der Waals surface area (Å²) < 4.78 is 11.6. The maximum atomic E-state index is 6.13. The molecule has 1 N–H and O–H groups in total. The van der Waals surface area contributed by atoms with Crippen molar-refractivity contribution in [3.05, 3.63) is 35.9 Å². The smallest absolute Gasteiger partial charge is 0.0954 e. The molecule has 114 valence electrons. The summed E-state index contributed by atoms with van der Waals surface area (Å²) in [6, 6.07) is 10.4. The molecule has 1 aromatic carbocycles. The average Bonchev–Trinajstić information content (AvgIpc) is 2.44. The van der Waals surface area contributed by atoms with E-state index < -0.39 is 0 Å². The molecule has 3 heteroatoms. The van der Waals surface area contributed by atoms with Gasteiger partial charge in [0.05, 0.1) is 18.8 Å². The summed E-state index contributed by atoms with van der Waals surface area (Å²) in [6.07, 6.45) is 0.173. The van der Waals surface area contributed by atoms with Crippen LogP contribution >= 0.6 is 0 Å². The lowest BCUT2D eigenvalue weighted by Crippen LogP contribution is -2.29. The second kappa shape index (κ2) is 9.92. The second-order valence-electron chi connectivity index (χ2n) is 5.56. The van der Waals surface area contributed by atoms with Crippen LogP contribution in [0.25, 0.3) is 0 Å². The van der Waals surface area contributed by atoms with Gasteiger partial charge in [-0.15, -0.1) is 0 Å².